The summed E-state index contributed by atoms with van der Waals surface area (Å²) in [7, 11) is 0. The van der Waals surface area contributed by atoms with E-state index in [9.17, 15) is 9.18 Å². The second kappa shape index (κ2) is 8.66. The molecule has 0 unspecified atom stereocenters. The highest BCUT2D eigenvalue weighted by molar-refractivity contribution is 5.93. The average molecular weight is 440 g/mol. The molecule has 3 aromatic carbocycles. The number of carbonyl (C=O) groups excluding carboxylic acids is 1. The molecule has 0 spiro atoms. The summed E-state index contributed by atoms with van der Waals surface area (Å²) in [5.74, 6) is -0.0386. The van der Waals surface area contributed by atoms with Crippen LogP contribution in [0.5, 0.6) is 0 Å². The highest BCUT2D eigenvalue weighted by Crippen LogP contribution is 2.21. The van der Waals surface area contributed by atoms with E-state index in [0.29, 0.717) is 23.6 Å². The number of hydrogen-bond donors (Lipinski definition) is 2. The first kappa shape index (κ1) is 20.6. The third-order valence-corrected chi connectivity index (χ3v) is 5.51. The zero-order valence-electron chi connectivity index (χ0n) is 17.9. The number of halogens is 1. The van der Waals surface area contributed by atoms with Crippen LogP contribution in [-0.4, -0.2) is 30.9 Å². The van der Waals surface area contributed by atoms with Gasteiger partial charge in [-0.3, -0.25) is 4.79 Å². The predicted molar refractivity (Wildman–Crippen MR) is 123 cm³/mol. The van der Waals surface area contributed by atoms with Gasteiger partial charge in [0.15, 0.2) is 5.69 Å². The van der Waals surface area contributed by atoms with Crippen LogP contribution >= 0.6 is 0 Å². The highest BCUT2D eigenvalue weighted by atomic mass is 19.1. The standard InChI is InChI=1S/C25H21FN6O/c1-16-23(30-31-32(16)19-13-11-18(26)12-14-19)25(33)29-22(15-17-7-3-2-4-8-17)24-27-20-9-5-6-10-21(20)28-24/h2-14,22H,15H2,1H3,(H,27,28)(H,29,33)/t22-/m0/s1. The number of nitrogens with one attached hydrogen (secondary N) is 2. The molecule has 0 aliphatic heterocycles. The van der Waals surface area contributed by atoms with Crippen LogP contribution in [-0.2, 0) is 6.42 Å². The van der Waals surface area contributed by atoms with Crippen molar-refractivity contribution in [2.24, 2.45) is 0 Å². The second-order valence-corrected chi connectivity index (χ2v) is 7.77. The maximum atomic E-state index is 13.3. The van der Waals surface area contributed by atoms with Crippen LogP contribution in [0.1, 0.15) is 33.6 Å². The summed E-state index contributed by atoms with van der Waals surface area (Å²) in [4.78, 5) is 21.2. The molecule has 0 saturated heterocycles. The lowest BCUT2D eigenvalue weighted by molar-refractivity contribution is 0.0929. The van der Waals surface area contributed by atoms with Crippen LogP contribution < -0.4 is 5.32 Å². The SMILES string of the molecule is Cc1c(C(=O)N[C@@H](Cc2ccccc2)c2nc3ccccc3[nH]2)nnn1-c1ccc(F)cc1. The first-order valence-corrected chi connectivity index (χ1v) is 10.6. The van der Waals surface area contributed by atoms with Crippen molar-refractivity contribution in [2.75, 3.05) is 0 Å². The summed E-state index contributed by atoms with van der Waals surface area (Å²) in [6, 6.07) is 23.1. The molecular weight excluding hydrogens is 419 g/mol. The molecule has 1 atom stereocenters. The van der Waals surface area contributed by atoms with Gasteiger partial charge in [0.1, 0.15) is 11.6 Å². The molecule has 0 bridgehead atoms. The maximum Gasteiger partial charge on any atom is 0.274 e. The number of benzene rings is 3. The number of rotatable bonds is 6. The molecule has 8 heteroatoms. The molecule has 7 nitrogen and oxygen atoms in total. The van der Waals surface area contributed by atoms with Crippen molar-refractivity contribution in [3.63, 3.8) is 0 Å². The van der Waals surface area contributed by atoms with Gasteiger partial charge in [-0.15, -0.1) is 5.10 Å². The van der Waals surface area contributed by atoms with Gasteiger partial charge in [-0.1, -0.05) is 47.7 Å². The van der Waals surface area contributed by atoms with E-state index in [2.05, 4.69) is 20.6 Å². The van der Waals surface area contributed by atoms with Crippen molar-refractivity contribution < 1.29 is 9.18 Å². The summed E-state index contributed by atoms with van der Waals surface area (Å²) in [6.45, 7) is 1.76. The van der Waals surface area contributed by atoms with E-state index in [4.69, 9.17) is 4.98 Å². The molecule has 2 heterocycles. The van der Waals surface area contributed by atoms with Crippen LogP contribution in [0.2, 0.25) is 0 Å². The molecule has 2 aromatic heterocycles. The fraction of sp³-hybridized carbons (Fsp3) is 0.120. The molecular formula is C25H21FN6O. The lowest BCUT2D eigenvalue weighted by Crippen LogP contribution is -2.31. The third kappa shape index (κ3) is 4.23. The molecule has 2 N–H and O–H groups in total. The van der Waals surface area contributed by atoms with E-state index < -0.39 is 6.04 Å². The van der Waals surface area contributed by atoms with E-state index in [1.807, 2.05) is 54.6 Å². The van der Waals surface area contributed by atoms with Crippen molar-refractivity contribution in [2.45, 2.75) is 19.4 Å². The topological polar surface area (TPSA) is 88.5 Å². The van der Waals surface area contributed by atoms with Gasteiger partial charge in [-0.2, -0.15) is 0 Å². The number of amides is 1. The number of nitrogens with zero attached hydrogens (tertiary/aromatic N) is 4. The minimum Gasteiger partial charge on any atom is -0.340 e. The maximum absolute atomic E-state index is 13.3. The number of imidazole rings is 1. The van der Waals surface area contributed by atoms with Crippen LogP contribution in [0.4, 0.5) is 4.39 Å². The Morgan fingerprint density at radius 3 is 2.52 bits per heavy atom. The molecule has 0 fully saturated rings. The average Bonchev–Trinajstić information content (AvgIpc) is 3.43. The lowest BCUT2D eigenvalue weighted by Gasteiger charge is -2.16. The monoisotopic (exact) mass is 440 g/mol. The Hall–Kier alpha value is -4.33. The zero-order valence-corrected chi connectivity index (χ0v) is 17.9. The Morgan fingerprint density at radius 1 is 1.03 bits per heavy atom. The van der Waals surface area contributed by atoms with Crippen molar-refractivity contribution in [3.05, 3.63) is 107 Å². The molecule has 33 heavy (non-hydrogen) atoms. The number of fused-ring (bicyclic) bond motifs is 1. The quantitative estimate of drug-likeness (QED) is 0.412. The Labute approximate surface area is 189 Å². The lowest BCUT2D eigenvalue weighted by atomic mass is 10.1. The number of carbonyl (C=O) groups is 1. The van der Waals surface area contributed by atoms with E-state index >= 15 is 0 Å². The van der Waals surface area contributed by atoms with Crippen LogP contribution in [0.25, 0.3) is 16.7 Å². The van der Waals surface area contributed by atoms with E-state index in [1.54, 1.807) is 19.1 Å². The van der Waals surface area contributed by atoms with Gasteiger partial charge in [-0.05, 0) is 55.3 Å². The van der Waals surface area contributed by atoms with Gasteiger partial charge in [0.2, 0.25) is 0 Å². The molecule has 0 aliphatic rings. The summed E-state index contributed by atoms with van der Waals surface area (Å²) in [6.07, 6.45) is 0.553. The van der Waals surface area contributed by atoms with Crippen molar-refractivity contribution in [1.82, 2.24) is 30.3 Å². The Bertz CT molecular complexity index is 1380. The number of aromatic amines is 1. The fourth-order valence-electron chi connectivity index (χ4n) is 3.80. The van der Waals surface area contributed by atoms with Gasteiger partial charge in [-0.25, -0.2) is 14.1 Å². The number of hydrogen-bond acceptors (Lipinski definition) is 4. The first-order valence-electron chi connectivity index (χ1n) is 10.6. The minimum absolute atomic E-state index is 0.202. The molecule has 1 amide bonds. The van der Waals surface area contributed by atoms with Gasteiger partial charge in [0.05, 0.1) is 28.5 Å². The van der Waals surface area contributed by atoms with Gasteiger partial charge >= 0.3 is 0 Å². The van der Waals surface area contributed by atoms with Gasteiger partial charge in [0, 0.05) is 0 Å². The molecule has 5 rings (SSSR count). The highest BCUT2D eigenvalue weighted by Gasteiger charge is 2.24. The molecule has 0 radical (unpaired) electrons. The van der Waals surface area contributed by atoms with Crippen LogP contribution in [0, 0.1) is 12.7 Å². The minimum atomic E-state index is -0.400. The third-order valence-electron chi connectivity index (χ3n) is 5.51. The van der Waals surface area contributed by atoms with Crippen LogP contribution in [0.3, 0.4) is 0 Å². The summed E-state index contributed by atoms with van der Waals surface area (Å²) in [5.41, 5.74) is 4.18. The normalized spacial score (nSPS) is 12.1. The van der Waals surface area contributed by atoms with Gasteiger partial charge < -0.3 is 10.3 Å². The van der Waals surface area contributed by atoms with E-state index in [-0.39, 0.29) is 17.4 Å². The molecule has 5 aromatic rings. The number of H-pyrrole nitrogens is 1. The Kier molecular flexibility index (Phi) is 5.40. The summed E-state index contributed by atoms with van der Waals surface area (Å²) < 4.78 is 14.8. The van der Waals surface area contributed by atoms with Crippen molar-refractivity contribution >= 4 is 16.9 Å². The van der Waals surface area contributed by atoms with Crippen molar-refractivity contribution in [1.29, 1.82) is 0 Å². The van der Waals surface area contributed by atoms with E-state index in [0.717, 1.165) is 16.6 Å². The molecule has 0 saturated carbocycles. The molecule has 0 aliphatic carbocycles. The summed E-state index contributed by atoms with van der Waals surface area (Å²) in [5, 5.41) is 11.2. The molecule has 164 valence electrons. The van der Waals surface area contributed by atoms with Gasteiger partial charge in [0.25, 0.3) is 5.91 Å². The number of para-hydroxylation sites is 2. The van der Waals surface area contributed by atoms with Crippen molar-refractivity contribution in [3.8, 4) is 5.69 Å². The van der Waals surface area contributed by atoms with Crippen LogP contribution in [0.15, 0.2) is 78.9 Å². The fourth-order valence-corrected chi connectivity index (χ4v) is 3.80. The predicted octanol–water partition coefficient (Wildman–Crippen LogP) is 4.30. The Balaban J connectivity index is 1.45. The first-order chi connectivity index (χ1) is 16.1. The largest absolute Gasteiger partial charge is 0.340 e. The summed E-state index contributed by atoms with van der Waals surface area (Å²) >= 11 is 0. The second-order valence-electron chi connectivity index (χ2n) is 7.77. The smallest absolute Gasteiger partial charge is 0.274 e. The zero-order chi connectivity index (χ0) is 22.8. The van der Waals surface area contributed by atoms with E-state index in [1.165, 1.54) is 16.8 Å². The number of aromatic nitrogens is 5. The Morgan fingerprint density at radius 2 is 1.76 bits per heavy atom.